The summed E-state index contributed by atoms with van der Waals surface area (Å²) in [7, 11) is 0. The minimum Gasteiger partial charge on any atom is -0.398 e. The van der Waals surface area contributed by atoms with Crippen molar-refractivity contribution in [3.05, 3.63) is 28.2 Å². The normalized spacial score (nSPS) is 15.9. The van der Waals surface area contributed by atoms with Crippen molar-refractivity contribution in [2.75, 3.05) is 25.4 Å². The molecular weight excluding hydrogens is 322 g/mol. The third-order valence-electron chi connectivity index (χ3n) is 3.32. The first-order valence-corrected chi connectivity index (χ1v) is 7.44. The van der Waals surface area contributed by atoms with Crippen LogP contribution >= 0.6 is 15.9 Å². The van der Waals surface area contributed by atoms with Gasteiger partial charge in [0.2, 0.25) is 0 Å². The molecule has 0 radical (unpaired) electrons. The number of nitrogens with two attached hydrogens (primary N) is 1. The van der Waals surface area contributed by atoms with E-state index in [0.717, 1.165) is 16.5 Å². The molecule has 1 aliphatic rings. The Labute approximate surface area is 126 Å². The zero-order valence-electron chi connectivity index (χ0n) is 11.4. The first-order chi connectivity index (χ1) is 9.52. The molecule has 2 N–H and O–H groups in total. The molecule has 1 heterocycles. The summed E-state index contributed by atoms with van der Waals surface area (Å²) in [6, 6.07) is 5.57. The Morgan fingerprint density at radius 1 is 1.20 bits per heavy atom. The van der Waals surface area contributed by atoms with Gasteiger partial charge in [-0.2, -0.15) is 0 Å². The molecule has 0 saturated carbocycles. The van der Waals surface area contributed by atoms with Crippen LogP contribution < -0.4 is 5.73 Å². The SMILES string of the molecule is CCCN1CCN(Cc2ccc(Br)c(N)c2)C(=O)C1=O. The Hall–Kier alpha value is -1.56. The van der Waals surface area contributed by atoms with Gasteiger partial charge in [0.25, 0.3) is 0 Å². The molecule has 20 heavy (non-hydrogen) atoms. The van der Waals surface area contributed by atoms with Gasteiger partial charge in [0.05, 0.1) is 0 Å². The average Bonchev–Trinajstić information content (AvgIpc) is 2.42. The second-order valence-electron chi connectivity index (χ2n) is 4.87. The number of rotatable bonds is 4. The van der Waals surface area contributed by atoms with E-state index in [-0.39, 0.29) is 0 Å². The standard InChI is InChI=1S/C14H18BrN3O2/c1-2-5-17-6-7-18(14(20)13(17)19)9-10-3-4-11(15)12(16)8-10/h3-4,8H,2,5-7,9,16H2,1H3. The van der Waals surface area contributed by atoms with Gasteiger partial charge in [0.15, 0.2) is 0 Å². The monoisotopic (exact) mass is 339 g/mol. The maximum absolute atomic E-state index is 12.1. The largest absolute Gasteiger partial charge is 0.398 e. The molecule has 0 bridgehead atoms. The highest BCUT2D eigenvalue weighted by Gasteiger charge is 2.31. The van der Waals surface area contributed by atoms with Crippen LogP contribution in [0.5, 0.6) is 0 Å². The molecule has 1 aromatic carbocycles. The molecule has 0 spiro atoms. The lowest BCUT2D eigenvalue weighted by Gasteiger charge is -2.33. The molecule has 1 saturated heterocycles. The first kappa shape index (κ1) is 14.8. The summed E-state index contributed by atoms with van der Waals surface area (Å²) in [6.45, 7) is 4.23. The molecule has 108 valence electrons. The molecule has 2 rings (SSSR count). The lowest BCUT2D eigenvalue weighted by Crippen LogP contribution is -2.53. The number of halogens is 1. The van der Waals surface area contributed by atoms with Crippen LogP contribution in [0.15, 0.2) is 22.7 Å². The van der Waals surface area contributed by atoms with Gasteiger partial charge < -0.3 is 15.5 Å². The predicted molar refractivity (Wildman–Crippen MR) is 80.8 cm³/mol. The lowest BCUT2D eigenvalue weighted by atomic mass is 10.1. The number of hydrogen-bond donors (Lipinski definition) is 1. The van der Waals surface area contributed by atoms with Crippen LogP contribution in [0.25, 0.3) is 0 Å². The summed E-state index contributed by atoms with van der Waals surface area (Å²) in [5.41, 5.74) is 7.38. The van der Waals surface area contributed by atoms with Gasteiger partial charge in [-0.25, -0.2) is 0 Å². The van der Waals surface area contributed by atoms with E-state index < -0.39 is 11.8 Å². The van der Waals surface area contributed by atoms with Crippen LogP contribution in [0.4, 0.5) is 5.69 Å². The van der Waals surface area contributed by atoms with Gasteiger partial charge in [-0.1, -0.05) is 13.0 Å². The maximum Gasteiger partial charge on any atom is 0.312 e. The first-order valence-electron chi connectivity index (χ1n) is 6.65. The van der Waals surface area contributed by atoms with Crippen molar-refractivity contribution in [3.8, 4) is 0 Å². The van der Waals surface area contributed by atoms with Crippen molar-refractivity contribution in [2.45, 2.75) is 19.9 Å². The maximum atomic E-state index is 12.1. The highest BCUT2D eigenvalue weighted by molar-refractivity contribution is 9.10. The number of carbonyl (C=O) groups excluding carboxylic acids is 2. The van der Waals surface area contributed by atoms with Crippen LogP contribution in [-0.2, 0) is 16.1 Å². The molecule has 2 amide bonds. The number of nitrogens with zero attached hydrogens (tertiary/aromatic N) is 2. The van der Waals surface area contributed by atoms with Gasteiger partial charge in [-0.15, -0.1) is 0 Å². The highest BCUT2D eigenvalue weighted by Crippen LogP contribution is 2.21. The van der Waals surface area contributed by atoms with Crippen LogP contribution in [0, 0.1) is 0 Å². The number of amides is 2. The minimum atomic E-state index is -0.425. The van der Waals surface area contributed by atoms with Gasteiger partial charge in [0.1, 0.15) is 0 Å². The number of nitrogen functional groups attached to an aromatic ring is 1. The fourth-order valence-corrected chi connectivity index (χ4v) is 2.51. The van der Waals surface area contributed by atoms with E-state index in [2.05, 4.69) is 15.9 Å². The molecule has 1 aromatic rings. The summed E-state index contributed by atoms with van der Waals surface area (Å²) in [4.78, 5) is 27.2. The summed E-state index contributed by atoms with van der Waals surface area (Å²) in [6.07, 6.45) is 0.863. The van der Waals surface area contributed by atoms with E-state index >= 15 is 0 Å². The number of anilines is 1. The van der Waals surface area contributed by atoms with E-state index in [4.69, 9.17) is 5.73 Å². The van der Waals surface area contributed by atoms with Crippen molar-refractivity contribution in [2.24, 2.45) is 0 Å². The predicted octanol–water partition coefficient (Wildman–Crippen LogP) is 1.61. The summed E-state index contributed by atoms with van der Waals surface area (Å²) in [5.74, 6) is -0.825. The molecule has 0 aromatic heterocycles. The fraction of sp³-hybridized carbons (Fsp3) is 0.429. The van der Waals surface area contributed by atoms with E-state index in [0.29, 0.717) is 31.9 Å². The van der Waals surface area contributed by atoms with Crippen LogP contribution in [0.1, 0.15) is 18.9 Å². The fourth-order valence-electron chi connectivity index (χ4n) is 2.26. The molecule has 6 heteroatoms. The number of carbonyl (C=O) groups is 2. The lowest BCUT2D eigenvalue weighted by molar-refractivity contribution is -0.156. The van der Waals surface area contributed by atoms with Crippen LogP contribution in [-0.4, -0.2) is 41.2 Å². The van der Waals surface area contributed by atoms with Crippen LogP contribution in [0.3, 0.4) is 0 Å². The van der Waals surface area contributed by atoms with E-state index in [1.165, 1.54) is 0 Å². The number of benzene rings is 1. The molecule has 0 aliphatic carbocycles. The third-order valence-corrected chi connectivity index (χ3v) is 4.05. The van der Waals surface area contributed by atoms with E-state index in [1.54, 1.807) is 9.80 Å². The Morgan fingerprint density at radius 2 is 1.85 bits per heavy atom. The van der Waals surface area contributed by atoms with E-state index in [9.17, 15) is 9.59 Å². The third kappa shape index (κ3) is 3.12. The Morgan fingerprint density at radius 3 is 2.50 bits per heavy atom. The Bertz CT molecular complexity index is 533. The smallest absolute Gasteiger partial charge is 0.312 e. The summed E-state index contributed by atoms with van der Waals surface area (Å²) >= 11 is 3.33. The second-order valence-corrected chi connectivity index (χ2v) is 5.73. The zero-order chi connectivity index (χ0) is 14.7. The topological polar surface area (TPSA) is 66.6 Å². The molecule has 1 fully saturated rings. The zero-order valence-corrected chi connectivity index (χ0v) is 13.0. The van der Waals surface area contributed by atoms with E-state index in [1.807, 2.05) is 25.1 Å². The van der Waals surface area contributed by atoms with Crippen molar-refractivity contribution in [1.82, 2.24) is 9.80 Å². The molecule has 5 nitrogen and oxygen atoms in total. The quantitative estimate of drug-likeness (QED) is 0.669. The number of piperazine rings is 1. The number of hydrogen-bond acceptors (Lipinski definition) is 3. The van der Waals surface area contributed by atoms with Gasteiger partial charge in [-0.05, 0) is 40.0 Å². The molecule has 1 aliphatic heterocycles. The van der Waals surface area contributed by atoms with Crippen molar-refractivity contribution >= 4 is 33.4 Å². The van der Waals surface area contributed by atoms with Crippen LogP contribution in [0.2, 0.25) is 0 Å². The van der Waals surface area contributed by atoms with Gasteiger partial charge in [-0.3, -0.25) is 9.59 Å². The van der Waals surface area contributed by atoms with Gasteiger partial charge in [0, 0.05) is 36.3 Å². The van der Waals surface area contributed by atoms with Gasteiger partial charge >= 0.3 is 11.8 Å². The summed E-state index contributed by atoms with van der Waals surface area (Å²) in [5, 5.41) is 0. The summed E-state index contributed by atoms with van der Waals surface area (Å²) < 4.78 is 0.830. The van der Waals surface area contributed by atoms with Crippen molar-refractivity contribution in [1.29, 1.82) is 0 Å². The molecular formula is C14H18BrN3O2. The molecule has 0 atom stereocenters. The Kier molecular flexibility index (Phi) is 4.65. The van der Waals surface area contributed by atoms with Crippen molar-refractivity contribution in [3.63, 3.8) is 0 Å². The highest BCUT2D eigenvalue weighted by atomic mass is 79.9. The average molecular weight is 340 g/mol. The molecule has 0 unspecified atom stereocenters. The second kappa shape index (κ2) is 6.26. The van der Waals surface area contributed by atoms with Crippen molar-refractivity contribution < 1.29 is 9.59 Å². The minimum absolute atomic E-state index is 0.400. The Balaban J connectivity index is 2.05.